The van der Waals surface area contributed by atoms with Gasteiger partial charge in [0, 0.05) is 57.1 Å². The summed E-state index contributed by atoms with van der Waals surface area (Å²) in [5, 5.41) is 14.4. The predicted octanol–water partition coefficient (Wildman–Crippen LogP) is 2.18. The molecule has 0 bridgehead atoms. The van der Waals surface area contributed by atoms with Crippen LogP contribution in [0.15, 0.2) is 5.38 Å². The van der Waals surface area contributed by atoms with Crippen LogP contribution in [-0.2, 0) is 13.0 Å². The number of aromatic nitrogens is 1. The van der Waals surface area contributed by atoms with Gasteiger partial charge in [-0.05, 0) is 32.1 Å². The highest BCUT2D eigenvalue weighted by Crippen LogP contribution is 2.36. The molecule has 2 amide bonds. The summed E-state index contributed by atoms with van der Waals surface area (Å²) in [6.45, 7) is 7.89. The fourth-order valence-electron chi connectivity index (χ4n) is 4.61. The van der Waals surface area contributed by atoms with E-state index in [2.05, 4.69) is 22.2 Å². The molecule has 1 N–H and O–H groups in total. The second-order valence-corrected chi connectivity index (χ2v) is 8.99. The van der Waals surface area contributed by atoms with Crippen molar-refractivity contribution >= 4 is 17.4 Å². The van der Waals surface area contributed by atoms with Crippen molar-refractivity contribution in [1.29, 1.82) is 0 Å². The lowest BCUT2D eigenvalue weighted by atomic mass is 9.75. The fourth-order valence-corrected chi connectivity index (χ4v) is 5.35. The smallest absolute Gasteiger partial charge is 0.320 e. The molecule has 1 aromatic heterocycles. The second kappa shape index (κ2) is 7.44. The molecule has 0 aromatic carbocycles. The Hall–Kier alpha value is -1.18. The van der Waals surface area contributed by atoms with Gasteiger partial charge in [0.2, 0.25) is 0 Å². The van der Waals surface area contributed by atoms with Crippen LogP contribution >= 0.6 is 11.3 Å². The van der Waals surface area contributed by atoms with Gasteiger partial charge >= 0.3 is 6.03 Å². The standard InChI is InChI=1S/C19H30N4O2S/c1-2-17-20-16(14-26-17)13-21-9-5-19(25)6-10-23(12-15(19)11-21)18(24)22-7-3-4-8-22/h14-15,25H,2-13H2,1H3/t15-,19-/m0/s1. The van der Waals surface area contributed by atoms with Crippen LogP contribution in [0.25, 0.3) is 0 Å². The van der Waals surface area contributed by atoms with E-state index in [-0.39, 0.29) is 11.9 Å². The maximum atomic E-state index is 12.7. The molecule has 7 heteroatoms. The molecule has 3 fully saturated rings. The van der Waals surface area contributed by atoms with Gasteiger partial charge in [0.05, 0.1) is 16.3 Å². The first-order valence-electron chi connectivity index (χ1n) is 9.99. The van der Waals surface area contributed by atoms with Gasteiger partial charge in [0.25, 0.3) is 0 Å². The fraction of sp³-hybridized carbons (Fsp3) is 0.789. The Morgan fingerprint density at radius 1 is 1.23 bits per heavy atom. The number of rotatable bonds is 3. The summed E-state index contributed by atoms with van der Waals surface area (Å²) in [6.07, 6.45) is 4.73. The van der Waals surface area contributed by atoms with Crippen LogP contribution in [0.4, 0.5) is 4.79 Å². The van der Waals surface area contributed by atoms with Gasteiger partial charge < -0.3 is 14.9 Å². The molecule has 6 nitrogen and oxygen atoms in total. The lowest BCUT2D eigenvalue weighted by Gasteiger charge is -2.50. The van der Waals surface area contributed by atoms with Gasteiger partial charge in [0.15, 0.2) is 0 Å². The first-order chi connectivity index (χ1) is 12.6. The van der Waals surface area contributed by atoms with Crippen molar-refractivity contribution in [2.75, 3.05) is 39.3 Å². The van der Waals surface area contributed by atoms with Gasteiger partial charge in [-0.15, -0.1) is 11.3 Å². The Balaban J connectivity index is 1.38. The summed E-state index contributed by atoms with van der Waals surface area (Å²) in [6, 6.07) is 0.175. The first-order valence-corrected chi connectivity index (χ1v) is 10.9. The van der Waals surface area contributed by atoms with Gasteiger partial charge in [-0.3, -0.25) is 4.90 Å². The molecule has 0 saturated carbocycles. The van der Waals surface area contributed by atoms with E-state index in [1.807, 2.05) is 9.80 Å². The SMILES string of the molecule is CCc1nc(CN2CC[C@]3(O)CCN(C(=O)N4CCCC4)C[C@@H]3C2)cs1. The minimum atomic E-state index is -0.602. The molecular formula is C19H30N4O2S. The van der Waals surface area contributed by atoms with Gasteiger partial charge in [-0.2, -0.15) is 0 Å². The van der Waals surface area contributed by atoms with Gasteiger partial charge in [0.1, 0.15) is 0 Å². The summed E-state index contributed by atoms with van der Waals surface area (Å²) < 4.78 is 0. The van der Waals surface area contributed by atoms with E-state index in [9.17, 15) is 9.90 Å². The Morgan fingerprint density at radius 2 is 2.00 bits per heavy atom. The number of aliphatic hydroxyl groups is 1. The zero-order valence-electron chi connectivity index (χ0n) is 15.7. The lowest BCUT2D eigenvalue weighted by molar-refractivity contribution is -0.108. The van der Waals surface area contributed by atoms with Gasteiger partial charge in [-0.1, -0.05) is 6.92 Å². The van der Waals surface area contributed by atoms with E-state index in [1.54, 1.807) is 11.3 Å². The zero-order chi connectivity index (χ0) is 18.1. The van der Waals surface area contributed by atoms with E-state index in [0.29, 0.717) is 19.5 Å². The average Bonchev–Trinajstić information content (AvgIpc) is 3.33. The Labute approximate surface area is 159 Å². The molecular weight excluding hydrogens is 348 g/mol. The number of piperidine rings is 2. The number of urea groups is 1. The van der Waals surface area contributed by atoms with Crippen LogP contribution in [0, 0.1) is 5.92 Å². The van der Waals surface area contributed by atoms with Crippen LogP contribution in [0.1, 0.15) is 43.3 Å². The molecule has 0 spiro atoms. The highest BCUT2D eigenvalue weighted by atomic mass is 32.1. The minimum absolute atomic E-state index is 0.140. The molecule has 3 saturated heterocycles. The minimum Gasteiger partial charge on any atom is -0.389 e. The molecule has 26 heavy (non-hydrogen) atoms. The van der Waals surface area contributed by atoms with Crippen molar-refractivity contribution in [2.45, 2.75) is 51.2 Å². The molecule has 3 aliphatic heterocycles. The van der Waals surface area contributed by atoms with E-state index in [1.165, 1.54) is 5.01 Å². The van der Waals surface area contributed by atoms with Crippen molar-refractivity contribution in [3.63, 3.8) is 0 Å². The van der Waals surface area contributed by atoms with Crippen molar-refractivity contribution in [3.8, 4) is 0 Å². The van der Waals surface area contributed by atoms with Crippen LogP contribution in [0.2, 0.25) is 0 Å². The number of nitrogens with zero attached hydrogens (tertiary/aromatic N) is 4. The number of hydrogen-bond donors (Lipinski definition) is 1. The third-order valence-corrected chi connectivity index (χ3v) is 7.33. The largest absolute Gasteiger partial charge is 0.389 e. The maximum absolute atomic E-state index is 12.7. The molecule has 4 heterocycles. The maximum Gasteiger partial charge on any atom is 0.320 e. The number of amides is 2. The topological polar surface area (TPSA) is 59.9 Å². The second-order valence-electron chi connectivity index (χ2n) is 8.04. The first kappa shape index (κ1) is 18.2. The summed E-state index contributed by atoms with van der Waals surface area (Å²) in [5.41, 5.74) is 0.535. The monoisotopic (exact) mass is 378 g/mol. The number of carbonyl (C=O) groups excluding carboxylic acids is 1. The van der Waals surface area contributed by atoms with Crippen LogP contribution in [0.3, 0.4) is 0 Å². The summed E-state index contributed by atoms with van der Waals surface area (Å²) in [5.74, 6) is 0.140. The van der Waals surface area contributed by atoms with Crippen molar-refractivity contribution in [2.24, 2.45) is 5.92 Å². The van der Waals surface area contributed by atoms with E-state index in [0.717, 1.165) is 64.1 Å². The number of hydrogen-bond acceptors (Lipinski definition) is 5. The highest BCUT2D eigenvalue weighted by molar-refractivity contribution is 7.09. The highest BCUT2D eigenvalue weighted by Gasteiger charge is 2.46. The zero-order valence-corrected chi connectivity index (χ0v) is 16.5. The molecule has 0 unspecified atom stereocenters. The molecule has 2 atom stereocenters. The van der Waals surface area contributed by atoms with Crippen LogP contribution in [0.5, 0.6) is 0 Å². The summed E-state index contributed by atoms with van der Waals surface area (Å²) in [4.78, 5) is 23.8. The predicted molar refractivity (Wildman–Crippen MR) is 102 cm³/mol. The third kappa shape index (κ3) is 3.62. The molecule has 3 aliphatic rings. The Kier molecular flexibility index (Phi) is 5.21. The van der Waals surface area contributed by atoms with E-state index in [4.69, 9.17) is 0 Å². The number of thiazole rings is 1. The Bertz CT molecular complexity index is 645. The van der Waals surface area contributed by atoms with Crippen molar-refractivity contribution in [3.05, 3.63) is 16.1 Å². The van der Waals surface area contributed by atoms with Crippen LogP contribution < -0.4 is 0 Å². The number of carbonyl (C=O) groups is 1. The van der Waals surface area contributed by atoms with Crippen molar-refractivity contribution in [1.82, 2.24) is 19.7 Å². The van der Waals surface area contributed by atoms with Crippen LogP contribution in [-0.4, -0.2) is 75.7 Å². The molecule has 4 rings (SSSR count). The van der Waals surface area contributed by atoms with Gasteiger partial charge in [-0.25, -0.2) is 9.78 Å². The summed E-state index contributed by atoms with van der Waals surface area (Å²) in [7, 11) is 0. The molecule has 0 aliphatic carbocycles. The summed E-state index contributed by atoms with van der Waals surface area (Å²) >= 11 is 1.73. The number of aryl methyl sites for hydroxylation is 1. The third-order valence-electron chi connectivity index (χ3n) is 6.29. The van der Waals surface area contributed by atoms with E-state index < -0.39 is 5.60 Å². The molecule has 0 radical (unpaired) electrons. The molecule has 144 valence electrons. The quantitative estimate of drug-likeness (QED) is 0.876. The average molecular weight is 379 g/mol. The lowest BCUT2D eigenvalue weighted by Crippen LogP contribution is -2.61. The number of likely N-dealkylation sites (tertiary alicyclic amines) is 3. The normalized spacial score (nSPS) is 29.8. The van der Waals surface area contributed by atoms with Crippen molar-refractivity contribution < 1.29 is 9.90 Å². The Morgan fingerprint density at radius 3 is 2.73 bits per heavy atom. The number of fused-ring (bicyclic) bond motifs is 1. The molecule has 1 aromatic rings. The van der Waals surface area contributed by atoms with E-state index >= 15 is 0 Å².